The third-order valence-electron chi connectivity index (χ3n) is 19.9. The normalized spacial score (nSPS) is 25.2. The minimum atomic E-state index is -5.04. The first kappa shape index (κ1) is 87.2. The van der Waals surface area contributed by atoms with Gasteiger partial charge in [-0.1, -0.05) is 136 Å². The first-order chi connectivity index (χ1) is 48.1. The molecule has 2 aromatic carbocycles. The van der Waals surface area contributed by atoms with Gasteiger partial charge < -0.3 is 65.6 Å². The third kappa shape index (κ3) is 25.0. The first-order valence-electron chi connectivity index (χ1n) is 36.3. The number of likely N-dealkylation sites (tertiary alicyclic amines) is 1. The molecule has 2 aromatic rings. The molecular formula is C75H117F3N12O13. The van der Waals surface area contributed by atoms with Gasteiger partial charge in [0.05, 0.1) is 13.0 Å². The average molecular weight is 1450 g/mol. The Hall–Kier alpha value is -8.17. The van der Waals surface area contributed by atoms with Crippen LogP contribution in [0.5, 0.6) is 0 Å². The molecule has 0 aromatic heterocycles. The molecule has 5 N–H and O–H groups in total. The van der Waals surface area contributed by atoms with E-state index in [1.165, 1.54) is 71.0 Å². The molecule has 12 atom stereocenters. The van der Waals surface area contributed by atoms with Gasteiger partial charge in [-0.05, 0) is 105 Å². The lowest BCUT2D eigenvalue weighted by Gasteiger charge is -2.39. The highest BCUT2D eigenvalue weighted by Gasteiger charge is 2.45. The Labute approximate surface area is 607 Å². The van der Waals surface area contributed by atoms with Gasteiger partial charge in [0.1, 0.15) is 66.5 Å². The molecular weight excluding hydrogens is 1330 g/mol. The zero-order chi connectivity index (χ0) is 77.7. The molecule has 1 unspecified atom stereocenters. The van der Waals surface area contributed by atoms with Crippen molar-refractivity contribution in [2.45, 2.75) is 232 Å². The summed E-state index contributed by atoms with van der Waals surface area (Å²) in [6.45, 7) is 19.1. The fourth-order valence-electron chi connectivity index (χ4n) is 13.1. The predicted octanol–water partition coefficient (Wildman–Crippen LogP) is 5.20. The second-order valence-corrected chi connectivity index (χ2v) is 29.8. The van der Waals surface area contributed by atoms with E-state index in [-0.39, 0.29) is 49.9 Å². The summed E-state index contributed by atoms with van der Waals surface area (Å²) in [6.07, 6.45) is -8.17. The average Bonchev–Trinajstić information content (AvgIpc) is 0.808. The molecule has 25 nitrogen and oxygen atoms in total. The van der Waals surface area contributed by atoms with Gasteiger partial charge >= 0.3 is 6.18 Å². The molecule has 103 heavy (non-hydrogen) atoms. The highest BCUT2D eigenvalue weighted by molar-refractivity contribution is 6.00. The second kappa shape index (κ2) is 40.2. The van der Waals surface area contributed by atoms with Crippen LogP contribution in [0.25, 0.3) is 0 Å². The zero-order valence-electron chi connectivity index (χ0n) is 63.9. The summed E-state index contributed by atoms with van der Waals surface area (Å²) in [4.78, 5) is 189. The van der Waals surface area contributed by atoms with Crippen LogP contribution in [0.4, 0.5) is 13.2 Å². The van der Waals surface area contributed by atoms with E-state index in [1.807, 2.05) is 20.8 Å². The minimum absolute atomic E-state index is 0.0290. The van der Waals surface area contributed by atoms with Gasteiger partial charge in [-0.15, -0.1) is 0 Å². The molecule has 0 spiro atoms. The Balaban J connectivity index is 2.00. The fraction of sp³-hybridized carbons (Fsp3) is 0.680. The molecule has 28 heteroatoms. The van der Waals surface area contributed by atoms with Crippen molar-refractivity contribution in [3.05, 3.63) is 71.8 Å². The minimum Gasteiger partial charge on any atom is -0.384 e. The maximum absolute atomic E-state index is 15.6. The van der Waals surface area contributed by atoms with E-state index in [9.17, 15) is 47.0 Å². The molecule has 0 saturated carbocycles. The monoisotopic (exact) mass is 1450 g/mol. The van der Waals surface area contributed by atoms with Gasteiger partial charge in [0.15, 0.2) is 0 Å². The van der Waals surface area contributed by atoms with Gasteiger partial charge in [0.2, 0.25) is 70.9 Å². The smallest absolute Gasteiger partial charge is 0.384 e. The summed E-state index contributed by atoms with van der Waals surface area (Å²) < 4.78 is 41.3. The molecule has 2 aliphatic heterocycles. The number of carbonyl (C=O) groups excluding carboxylic acids is 12. The Morgan fingerprint density at radius 1 is 0.524 bits per heavy atom. The number of likely N-dealkylation sites (N-methyl/N-ethyl adjacent to an activating group) is 7. The number of nitrogens with zero attached hydrogens (tertiary/aromatic N) is 8. The van der Waals surface area contributed by atoms with Crippen LogP contribution in [0.2, 0.25) is 0 Å². The molecule has 0 bridgehead atoms. The number of benzene rings is 2. The van der Waals surface area contributed by atoms with Crippen LogP contribution in [-0.2, 0) is 70.4 Å². The maximum Gasteiger partial charge on any atom is 0.414 e. The number of hydrogen-bond acceptors (Lipinski definition) is 13. The van der Waals surface area contributed by atoms with E-state index in [1.54, 1.807) is 109 Å². The van der Waals surface area contributed by atoms with Crippen LogP contribution < -0.4 is 21.3 Å². The highest BCUT2D eigenvalue weighted by Crippen LogP contribution is 2.27. The van der Waals surface area contributed by atoms with Crippen LogP contribution >= 0.6 is 0 Å². The maximum atomic E-state index is 15.6. The van der Waals surface area contributed by atoms with Crippen molar-refractivity contribution in [1.29, 1.82) is 0 Å². The molecule has 4 rings (SSSR count). The Morgan fingerprint density at radius 3 is 1.51 bits per heavy atom. The Morgan fingerprint density at radius 2 is 1.00 bits per heavy atom. The highest BCUT2D eigenvalue weighted by atomic mass is 19.4. The van der Waals surface area contributed by atoms with Gasteiger partial charge in [0.25, 0.3) is 0 Å². The quantitative estimate of drug-likeness (QED) is 0.128. The number of rotatable bonds is 18. The predicted molar refractivity (Wildman–Crippen MR) is 384 cm³/mol. The van der Waals surface area contributed by atoms with Crippen LogP contribution in [-0.4, -0.2) is 257 Å². The first-order valence-corrected chi connectivity index (χ1v) is 36.3. The van der Waals surface area contributed by atoms with Gasteiger partial charge in [0, 0.05) is 75.3 Å². The number of hydrogen-bond donors (Lipinski definition) is 5. The van der Waals surface area contributed by atoms with Crippen LogP contribution in [0.15, 0.2) is 60.7 Å². The molecule has 0 aliphatic carbocycles. The number of piperidine rings is 1. The van der Waals surface area contributed by atoms with Crippen LogP contribution in [0, 0.1) is 29.6 Å². The van der Waals surface area contributed by atoms with Crippen LogP contribution in [0.3, 0.4) is 0 Å². The Kier molecular flexibility index (Phi) is 34.0. The largest absolute Gasteiger partial charge is 0.414 e. The molecule has 12 amide bonds. The van der Waals surface area contributed by atoms with Crippen molar-refractivity contribution in [2.24, 2.45) is 29.6 Å². The standard InChI is InChI=1S/C75H117F3N12O13/c1-19-49(10)64-68(97)82-63(48(8)9)74(103)83(12)44-62(93)85(14)56(39-46(4)5)66(95)81-55(71(100)90-36-27-22-28-37-90)43-61(92)84(13)50(11)65(94)79-53(34-29-35-60(91)75(76,77)78)69(98)87(16)58(40-47(6)7)72(101)86(15)57(41-51-30-23-20-24-31-51)67(96)80-54(38-45(2)3)70(99)88(17)59(73(102)89(64)18)42-52-32-25-21-26-33-52/h20-21,23-26,30-33,45-50,53-60,63-64,91H,19,22,27-29,34-44H2,1-18H3,(H,79,94)(H,80,96)(H,81,95)(H,82,97)/t49-,50-,53-,54-,55-,56-,57-,58-,59-,60?,63-,64-/m0/s1. The van der Waals surface area contributed by atoms with Crippen molar-refractivity contribution in [3.63, 3.8) is 0 Å². The van der Waals surface area contributed by atoms with Crippen molar-refractivity contribution < 1.29 is 75.8 Å². The number of carbonyl (C=O) groups is 12. The molecule has 0 radical (unpaired) electrons. The number of aliphatic hydroxyl groups is 1. The molecule has 2 heterocycles. The summed E-state index contributed by atoms with van der Waals surface area (Å²) in [5.74, 6) is -11.2. The van der Waals surface area contributed by atoms with Gasteiger partial charge in [-0.25, -0.2) is 0 Å². The molecule has 2 saturated heterocycles. The zero-order valence-corrected chi connectivity index (χ0v) is 63.9. The van der Waals surface area contributed by atoms with E-state index in [2.05, 4.69) is 21.3 Å². The molecule has 2 fully saturated rings. The molecule has 2 aliphatic rings. The second-order valence-electron chi connectivity index (χ2n) is 29.8. The number of aliphatic hydroxyl groups excluding tert-OH is 1. The Bertz CT molecular complexity index is 3190. The van der Waals surface area contributed by atoms with E-state index < -0.39 is 188 Å². The number of alkyl halides is 3. The summed E-state index contributed by atoms with van der Waals surface area (Å²) in [6, 6.07) is 3.53. The fourth-order valence-corrected chi connectivity index (χ4v) is 13.1. The number of halogens is 3. The summed E-state index contributed by atoms with van der Waals surface area (Å²) in [7, 11) is 9.47. The van der Waals surface area contributed by atoms with Gasteiger partial charge in [-0.3, -0.25) is 57.5 Å². The lowest BCUT2D eigenvalue weighted by molar-refractivity contribution is -0.205. The third-order valence-corrected chi connectivity index (χ3v) is 19.9. The van der Waals surface area contributed by atoms with E-state index in [4.69, 9.17) is 0 Å². The lowest BCUT2D eigenvalue weighted by Crippen LogP contribution is -2.62. The van der Waals surface area contributed by atoms with Crippen LogP contribution in [0.1, 0.15) is 158 Å². The summed E-state index contributed by atoms with van der Waals surface area (Å²) in [5.41, 5.74) is 1.23. The number of amides is 12. The van der Waals surface area contributed by atoms with Crippen molar-refractivity contribution in [1.82, 2.24) is 60.5 Å². The van der Waals surface area contributed by atoms with Gasteiger partial charge in [-0.2, -0.15) is 13.2 Å². The van der Waals surface area contributed by atoms with E-state index in [0.29, 0.717) is 43.5 Å². The van der Waals surface area contributed by atoms with Crippen molar-refractivity contribution >= 4 is 70.9 Å². The summed E-state index contributed by atoms with van der Waals surface area (Å²) in [5, 5.41) is 21.2. The van der Waals surface area contributed by atoms with Crippen molar-refractivity contribution in [2.75, 3.05) is 69.0 Å². The molecule has 576 valence electrons. The lowest BCUT2D eigenvalue weighted by atomic mass is 9.93. The topological polar surface area (TPSA) is 299 Å². The SMILES string of the molecule is CC[C@H](C)[C@H]1C(=O)N[C@@H](C(C)C)C(=O)N(C)CC(=O)N(C)[C@@H](CC(C)C)C(=O)N[C@H](C(=O)N2CCCCC2)CC(=O)N(C)[C@@H](C)C(=O)N[C@@H](CCCC(O)C(F)(F)F)C(=O)N(C)[C@@H](CC(C)C)C(=O)N(C)[C@@H](Cc2ccccc2)C(=O)N[C@@H](CC(C)C)C(=O)N(C)[C@@H](Cc2ccccc2)C(=O)N1C. The van der Waals surface area contributed by atoms with E-state index >= 15 is 28.8 Å². The van der Waals surface area contributed by atoms with E-state index in [0.717, 1.165) is 30.9 Å². The number of nitrogens with one attached hydrogen (secondary N) is 4. The van der Waals surface area contributed by atoms with Crippen molar-refractivity contribution in [3.8, 4) is 0 Å². The summed E-state index contributed by atoms with van der Waals surface area (Å²) >= 11 is 0.